The third kappa shape index (κ3) is 3.25. The number of aryl methyl sites for hydroxylation is 1. The number of hydrogen-bond acceptors (Lipinski definition) is 8. The first-order valence-electron chi connectivity index (χ1n) is 8.28. The number of rotatable bonds is 5. The van der Waals surface area contributed by atoms with Gasteiger partial charge in [-0.2, -0.15) is 11.3 Å². The second-order valence-electron chi connectivity index (χ2n) is 6.23. The molecular weight excluding hydrogens is 404 g/mol. The highest BCUT2D eigenvalue weighted by molar-refractivity contribution is 7.90. The van der Waals surface area contributed by atoms with E-state index in [4.69, 9.17) is 14.0 Å². The van der Waals surface area contributed by atoms with Crippen molar-refractivity contribution in [2.45, 2.75) is 24.7 Å². The van der Waals surface area contributed by atoms with Gasteiger partial charge in [0.1, 0.15) is 5.92 Å². The summed E-state index contributed by atoms with van der Waals surface area (Å²) < 4.78 is 43.3. The van der Waals surface area contributed by atoms with E-state index in [1.54, 1.807) is 37.4 Å². The second-order valence-corrected chi connectivity index (χ2v) is 8.69. The van der Waals surface area contributed by atoms with Crippen LogP contribution in [0.1, 0.15) is 28.5 Å². The van der Waals surface area contributed by atoms with Crippen molar-refractivity contribution in [1.82, 2.24) is 9.88 Å². The third-order valence-corrected chi connectivity index (χ3v) is 6.66. The van der Waals surface area contributed by atoms with Crippen LogP contribution < -0.4 is 14.2 Å². The maximum atomic E-state index is 13.1. The number of nitrogens with one attached hydrogen (secondary N) is 1. The van der Waals surface area contributed by atoms with E-state index in [9.17, 15) is 13.2 Å². The Hall–Kier alpha value is -2.85. The first-order chi connectivity index (χ1) is 13.4. The van der Waals surface area contributed by atoms with Crippen molar-refractivity contribution in [3.05, 3.63) is 57.6 Å². The number of sulfonamides is 1. The zero-order valence-electron chi connectivity index (χ0n) is 15.0. The summed E-state index contributed by atoms with van der Waals surface area (Å²) in [6, 6.07) is 6.41. The van der Waals surface area contributed by atoms with Crippen molar-refractivity contribution in [2.24, 2.45) is 0 Å². The third-order valence-electron chi connectivity index (χ3n) is 4.49. The van der Waals surface area contributed by atoms with Crippen molar-refractivity contribution >= 4 is 27.3 Å². The van der Waals surface area contributed by atoms with Crippen LogP contribution in [-0.4, -0.2) is 26.3 Å². The predicted octanol–water partition coefficient (Wildman–Crippen LogP) is 2.72. The number of thiophene rings is 1. The lowest BCUT2D eigenvalue weighted by Gasteiger charge is -2.16. The second kappa shape index (κ2) is 6.95. The molecule has 0 saturated heterocycles. The summed E-state index contributed by atoms with van der Waals surface area (Å²) in [6.07, 6.45) is 0. The Morgan fingerprint density at radius 3 is 2.68 bits per heavy atom. The molecule has 1 unspecified atom stereocenters. The Morgan fingerprint density at radius 1 is 1.21 bits per heavy atom. The molecule has 10 heteroatoms. The van der Waals surface area contributed by atoms with Crippen molar-refractivity contribution < 1.29 is 27.2 Å². The smallest absolute Gasteiger partial charge is 0.264 e. The van der Waals surface area contributed by atoms with Crippen molar-refractivity contribution in [1.29, 1.82) is 0 Å². The Kier molecular flexibility index (Phi) is 4.60. The summed E-state index contributed by atoms with van der Waals surface area (Å²) in [5.41, 5.74) is 1.79. The molecule has 8 nitrogen and oxygen atoms in total. The molecule has 1 aliphatic rings. The molecule has 1 N–H and O–H groups in total. The maximum Gasteiger partial charge on any atom is 0.264 e. The highest BCUT2D eigenvalue weighted by atomic mass is 32.2. The van der Waals surface area contributed by atoms with Gasteiger partial charge in [-0.3, -0.25) is 4.79 Å². The lowest BCUT2D eigenvalue weighted by atomic mass is 9.93. The minimum atomic E-state index is -4.00. The topological polar surface area (TPSA) is 108 Å². The first-order valence-corrected chi connectivity index (χ1v) is 10.7. The SMILES string of the molecule is Cc1noc(C(C(=O)NS(=O)(=O)c2ccsc2)c2ccc3c(c2)OCO3)c1C. The minimum Gasteiger partial charge on any atom is -0.454 e. The van der Waals surface area contributed by atoms with Crippen LogP contribution in [-0.2, 0) is 14.8 Å². The summed E-state index contributed by atoms with van der Waals surface area (Å²) >= 11 is 1.22. The predicted molar refractivity (Wildman–Crippen MR) is 100 cm³/mol. The highest BCUT2D eigenvalue weighted by Crippen LogP contribution is 2.37. The van der Waals surface area contributed by atoms with E-state index in [0.717, 1.165) is 0 Å². The molecule has 1 atom stereocenters. The van der Waals surface area contributed by atoms with Crippen molar-refractivity contribution in [2.75, 3.05) is 6.79 Å². The van der Waals surface area contributed by atoms with Crippen LogP contribution in [0.2, 0.25) is 0 Å². The molecule has 1 aromatic carbocycles. The normalized spacial score (nSPS) is 14.1. The fraction of sp³-hybridized carbons (Fsp3) is 0.222. The molecule has 0 radical (unpaired) electrons. The Bertz CT molecular complexity index is 1140. The molecule has 2 aromatic heterocycles. The molecule has 4 rings (SSSR count). The van der Waals surface area contributed by atoms with Crippen LogP contribution in [0.4, 0.5) is 0 Å². The zero-order chi connectivity index (χ0) is 19.9. The van der Waals surface area contributed by atoms with E-state index in [0.29, 0.717) is 28.3 Å². The molecule has 28 heavy (non-hydrogen) atoms. The van der Waals surface area contributed by atoms with Gasteiger partial charge in [0.2, 0.25) is 12.7 Å². The summed E-state index contributed by atoms with van der Waals surface area (Å²) in [5.74, 6) is -0.466. The number of carbonyl (C=O) groups is 1. The number of amides is 1. The first kappa shape index (κ1) is 18.5. The van der Waals surface area contributed by atoms with Crippen molar-refractivity contribution in [3.8, 4) is 11.5 Å². The van der Waals surface area contributed by atoms with Crippen LogP contribution in [0.3, 0.4) is 0 Å². The Labute approximate surface area is 165 Å². The number of aromatic nitrogens is 1. The Balaban J connectivity index is 1.75. The molecule has 1 amide bonds. The highest BCUT2D eigenvalue weighted by Gasteiger charge is 2.33. The number of nitrogens with zero attached hydrogens (tertiary/aromatic N) is 1. The molecule has 0 saturated carbocycles. The standard InChI is InChI=1S/C18H16N2O6S2/c1-10-11(2)19-26-17(10)16(12-3-4-14-15(7-12)25-9-24-14)18(21)20-28(22,23)13-5-6-27-8-13/h3-8,16H,9H2,1-2H3,(H,20,21). The van der Waals surface area contributed by atoms with Gasteiger partial charge in [-0.1, -0.05) is 11.2 Å². The van der Waals surface area contributed by atoms with Gasteiger partial charge in [-0.15, -0.1) is 0 Å². The fourth-order valence-corrected chi connectivity index (χ4v) is 4.90. The van der Waals surface area contributed by atoms with Gasteiger partial charge in [0.25, 0.3) is 10.0 Å². The van der Waals surface area contributed by atoms with Gasteiger partial charge in [0.15, 0.2) is 17.3 Å². The van der Waals surface area contributed by atoms with Crippen LogP contribution in [0.5, 0.6) is 11.5 Å². The monoisotopic (exact) mass is 420 g/mol. The Morgan fingerprint density at radius 2 is 2.00 bits per heavy atom. The number of benzene rings is 1. The number of fused-ring (bicyclic) bond motifs is 1. The van der Waals surface area contributed by atoms with E-state index >= 15 is 0 Å². The van der Waals surface area contributed by atoms with Crippen molar-refractivity contribution in [3.63, 3.8) is 0 Å². The quantitative estimate of drug-likeness (QED) is 0.676. The number of carbonyl (C=O) groups excluding carboxylic acids is 1. The molecule has 0 bridgehead atoms. The summed E-state index contributed by atoms with van der Waals surface area (Å²) in [6.45, 7) is 3.60. The summed E-state index contributed by atoms with van der Waals surface area (Å²) in [5, 5.41) is 6.98. The number of hydrogen-bond donors (Lipinski definition) is 1. The zero-order valence-corrected chi connectivity index (χ0v) is 16.6. The minimum absolute atomic E-state index is 0.0285. The summed E-state index contributed by atoms with van der Waals surface area (Å²) in [4.78, 5) is 13.1. The van der Waals surface area contributed by atoms with E-state index in [-0.39, 0.29) is 17.4 Å². The molecular formula is C18H16N2O6S2. The van der Waals surface area contributed by atoms with Gasteiger partial charge < -0.3 is 14.0 Å². The van der Waals surface area contributed by atoms with Gasteiger partial charge in [0, 0.05) is 10.9 Å². The fourth-order valence-electron chi connectivity index (χ4n) is 2.87. The molecule has 3 heterocycles. The van der Waals surface area contributed by atoms with E-state index in [1.807, 2.05) is 0 Å². The van der Waals surface area contributed by atoms with Gasteiger partial charge in [-0.05, 0) is 43.0 Å². The van der Waals surface area contributed by atoms with Crippen LogP contribution in [0.15, 0.2) is 44.4 Å². The average Bonchev–Trinajstić information content (AvgIpc) is 3.39. The molecule has 0 fully saturated rings. The maximum absolute atomic E-state index is 13.1. The molecule has 0 aliphatic carbocycles. The van der Waals surface area contributed by atoms with Crippen LogP contribution in [0.25, 0.3) is 0 Å². The average molecular weight is 420 g/mol. The molecule has 1 aliphatic heterocycles. The lowest BCUT2D eigenvalue weighted by Crippen LogP contribution is -2.35. The lowest BCUT2D eigenvalue weighted by molar-refractivity contribution is -0.120. The van der Waals surface area contributed by atoms with Gasteiger partial charge >= 0.3 is 0 Å². The summed E-state index contributed by atoms with van der Waals surface area (Å²) in [7, 11) is -4.00. The molecule has 3 aromatic rings. The van der Waals surface area contributed by atoms with Crippen LogP contribution >= 0.6 is 11.3 Å². The molecule has 0 spiro atoms. The van der Waals surface area contributed by atoms with E-state index in [2.05, 4.69) is 9.88 Å². The van der Waals surface area contributed by atoms with Gasteiger partial charge in [0.05, 0.1) is 10.6 Å². The van der Waals surface area contributed by atoms with Crippen LogP contribution in [0, 0.1) is 13.8 Å². The van der Waals surface area contributed by atoms with E-state index in [1.165, 1.54) is 22.8 Å². The number of ether oxygens (including phenoxy) is 2. The van der Waals surface area contributed by atoms with E-state index < -0.39 is 21.8 Å². The van der Waals surface area contributed by atoms with Gasteiger partial charge in [-0.25, -0.2) is 13.1 Å². The molecule has 146 valence electrons. The largest absolute Gasteiger partial charge is 0.454 e.